The van der Waals surface area contributed by atoms with E-state index in [2.05, 4.69) is 14.9 Å². The molecular formula is C16H17FN4O3S. The monoisotopic (exact) mass is 364 g/mol. The van der Waals surface area contributed by atoms with Crippen LogP contribution in [0, 0.1) is 26.6 Å². The van der Waals surface area contributed by atoms with E-state index >= 15 is 0 Å². The summed E-state index contributed by atoms with van der Waals surface area (Å²) < 4.78 is 48.9. The highest BCUT2D eigenvalue weighted by Gasteiger charge is 2.30. The number of aryl methyl sites for hydroxylation is 1. The van der Waals surface area contributed by atoms with Gasteiger partial charge in [-0.05, 0) is 32.0 Å². The van der Waals surface area contributed by atoms with Crippen LogP contribution in [0.5, 0.6) is 0 Å². The Morgan fingerprint density at radius 3 is 2.48 bits per heavy atom. The van der Waals surface area contributed by atoms with Crippen molar-refractivity contribution in [3.63, 3.8) is 0 Å². The highest BCUT2D eigenvalue weighted by atomic mass is 32.2. The van der Waals surface area contributed by atoms with Gasteiger partial charge in [-0.25, -0.2) is 12.8 Å². The van der Waals surface area contributed by atoms with Gasteiger partial charge in [0.25, 0.3) is 15.9 Å². The first-order chi connectivity index (χ1) is 11.7. The van der Waals surface area contributed by atoms with Gasteiger partial charge in [0.2, 0.25) is 5.89 Å². The number of halogens is 1. The smallest absolute Gasteiger partial charge is 0.264 e. The van der Waals surface area contributed by atoms with Gasteiger partial charge in [0, 0.05) is 25.4 Å². The zero-order valence-corrected chi connectivity index (χ0v) is 15.0. The van der Waals surface area contributed by atoms with Crippen molar-refractivity contribution in [2.45, 2.75) is 25.7 Å². The Morgan fingerprint density at radius 2 is 1.88 bits per heavy atom. The molecule has 0 spiro atoms. The molecule has 3 rings (SSSR count). The fraction of sp³-hybridized carbons (Fsp3) is 0.250. The lowest BCUT2D eigenvalue weighted by atomic mass is 10.2. The molecule has 1 aromatic carbocycles. The third-order valence-electron chi connectivity index (χ3n) is 4.01. The third kappa shape index (κ3) is 3.02. The normalized spacial score (nSPS) is 11.7. The number of hydrogen-bond acceptors (Lipinski definition) is 5. The van der Waals surface area contributed by atoms with Crippen molar-refractivity contribution < 1.29 is 17.2 Å². The Hall–Kier alpha value is -2.68. The minimum atomic E-state index is -4.00. The molecule has 9 heteroatoms. The lowest BCUT2D eigenvalue weighted by Crippen LogP contribution is -2.15. The van der Waals surface area contributed by atoms with Gasteiger partial charge in [0.1, 0.15) is 10.7 Å². The molecule has 7 nitrogen and oxygen atoms in total. The molecule has 0 aliphatic carbocycles. The standard InChI is InChI=1S/C16H17FN4O3S/c1-9-14(16-19-18-11(3)24-16)15(10(2)21(9)4)25(22,23)20-13-7-5-6-12(17)8-13/h5-8,20H,1-4H3. The molecule has 2 aromatic heterocycles. The van der Waals surface area contributed by atoms with Crippen molar-refractivity contribution in [2.24, 2.45) is 7.05 Å². The molecule has 0 unspecified atom stereocenters. The van der Waals surface area contributed by atoms with Crippen LogP contribution in [0.3, 0.4) is 0 Å². The predicted octanol–water partition coefficient (Wildman–Crippen LogP) is 2.94. The number of aromatic nitrogens is 3. The molecular weight excluding hydrogens is 347 g/mol. The van der Waals surface area contributed by atoms with Crippen molar-refractivity contribution in [3.8, 4) is 11.5 Å². The second-order valence-corrected chi connectivity index (χ2v) is 7.30. The fourth-order valence-electron chi connectivity index (χ4n) is 2.65. The van der Waals surface area contributed by atoms with Gasteiger partial charge in [-0.2, -0.15) is 0 Å². The van der Waals surface area contributed by atoms with Crippen molar-refractivity contribution in [3.05, 3.63) is 47.4 Å². The van der Waals surface area contributed by atoms with Crippen molar-refractivity contribution in [2.75, 3.05) is 4.72 Å². The topological polar surface area (TPSA) is 90.0 Å². The molecule has 3 aromatic rings. The molecule has 0 radical (unpaired) electrons. The van der Waals surface area contributed by atoms with E-state index in [9.17, 15) is 12.8 Å². The van der Waals surface area contributed by atoms with Crippen molar-refractivity contribution >= 4 is 15.7 Å². The van der Waals surface area contributed by atoms with Gasteiger partial charge in [0.15, 0.2) is 0 Å². The summed E-state index contributed by atoms with van der Waals surface area (Å²) in [4.78, 5) is 0.0282. The Kier molecular flexibility index (Phi) is 4.11. The second kappa shape index (κ2) is 5.99. The summed E-state index contributed by atoms with van der Waals surface area (Å²) in [7, 11) is -2.25. The highest BCUT2D eigenvalue weighted by molar-refractivity contribution is 7.93. The van der Waals surface area contributed by atoms with Crippen LogP contribution >= 0.6 is 0 Å². The first kappa shape index (κ1) is 17.2. The van der Waals surface area contributed by atoms with Gasteiger partial charge in [-0.3, -0.25) is 4.72 Å². The molecule has 0 saturated carbocycles. The minimum Gasteiger partial charge on any atom is -0.421 e. The number of sulfonamides is 1. The van der Waals surface area contributed by atoms with Crippen molar-refractivity contribution in [1.29, 1.82) is 0 Å². The van der Waals surface area contributed by atoms with E-state index in [0.717, 1.165) is 6.07 Å². The largest absolute Gasteiger partial charge is 0.421 e. The fourth-order valence-corrected chi connectivity index (χ4v) is 4.22. The van der Waals surface area contributed by atoms with E-state index in [1.54, 1.807) is 32.4 Å². The van der Waals surface area contributed by atoms with Gasteiger partial charge in [0.05, 0.1) is 11.3 Å². The Labute approximate surface area is 144 Å². The molecule has 0 fully saturated rings. The molecule has 0 saturated heterocycles. The van der Waals surface area contributed by atoms with E-state index < -0.39 is 15.8 Å². The maximum Gasteiger partial charge on any atom is 0.264 e. The third-order valence-corrected chi connectivity index (χ3v) is 5.55. The predicted molar refractivity (Wildman–Crippen MR) is 90.1 cm³/mol. The van der Waals surface area contributed by atoms with Crippen LogP contribution in [0.4, 0.5) is 10.1 Å². The van der Waals surface area contributed by atoms with Gasteiger partial charge in [-0.1, -0.05) is 6.07 Å². The number of nitrogens with zero attached hydrogens (tertiary/aromatic N) is 3. The first-order valence-electron chi connectivity index (χ1n) is 7.45. The van der Waals surface area contributed by atoms with E-state index in [-0.39, 0.29) is 16.5 Å². The summed E-state index contributed by atoms with van der Waals surface area (Å²) in [6.07, 6.45) is 0. The van der Waals surface area contributed by atoms with Crippen LogP contribution in [-0.4, -0.2) is 23.2 Å². The number of benzene rings is 1. The first-order valence-corrected chi connectivity index (χ1v) is 8.93. The zero-order chi connectivity index (χ0) is 18.4. The van der Waals surface area contributed by atoms with E-state index in [0.29, 0.717) is 22.8 Å². The maximum absolute atomic E-state index is 13.4. The van der Waals surface area contributed by atoms with Crippen LogP contribution in [0.25, 0.3) is 11.5 Å². The van der Waals surface area contributed by atoms with E-state index in [1.165, 1.54) is 18.2 Å². The number of rotatable bonds is 4. The molecule has 0 aliphatic rings. The number of nitrogens with one attached hydrogen (secondary N) is 1. The highest BCUT2D eigenvalue weighted by Crippen LogP contribution is 2.35. The van der Waals surface area contributed by atoms with Crippen LogP contribution in [0.15, 0.2) is 33.6 Å². The molecule has 1 N–H and O–H groups in total. The summed E-state index contributed by atoms with van der Waals surface area (Å²) in [6, 6.07) is 5.25. The molecule has 25 heavy (non-hydrogen) atoms. The second-order valence-electron chi connectivity index (χ2n) is 5.68. The summed E-state index contributed by atoms with van der Waals surface area (Å²) in [6.45, 7) is 5.07. The molecule has 0 aliphatic heterocycles. The Balaban J connectivity index is 2.17. The number of anilines is 1. The molecule has 0 amide bonds. The van der Waals surface area contributed by atoms with Gasteiger partial charge >= 0.3 is 0 Å². The molecule has 132 valence electrons. The summed E-state index contributed by atoms with van der Waals surface area (Å²) in [5, 5.41) is 7.72. The summed E-state index contributed by atoms with van der Waals surface area (Å²) in [5.74, 6) is -0.0791. The Bertz CT molecular complexity index is 1050. The Morgan fingerprint density at radius 1 is 1.16 bits per heavy atom. The van der Waals surface area contributed by atoms with Gasteiger partial charge < -0.3 is 8.98 Å². The quantitative estimate of drug-likeness (QED) is 0.769. The average Bonchev–Trinajstić information content (AvgIpc) is 3.04. The SMILES string of the molecule is Cc1nnc(-c2c(S(=O)(=O)Nc3cccc(F)c3)c(C)n(C)c2C)o1. The van der Waals surface area contributed by atoms with Gasteiger partial charge in [-0.15, -0.1) is 10.2 Å². The van der Waals surface area contributed by atoms with Crippen LogP contribution in [0.2, 0.25) is 0 Å². The minimum absolute atomic E-state index is 0.0282. The average molecular weight is 364 g/mol. The zero-order valence-electron chi connectivity index (χ0n) is 14.2. The van der Waals surface area contributed by atoms with Crippen molar-refractivity contribution in [1.82, 2.24) is 14.8 Å². The summed E-state index contributed by atoms with van der Waals surface area (Å²) >= 11 is 0. The molecule has 0 atom stereocenters. The lowest BCUT2D eigenvalue weighted by Gasteiger charge is -2.09. The van der Waals surface area contributed by atoms with E-state index in [4.69, 9.17) is 4.42 Å². The molecule has 2 heterocycles. The van der Waals surface area contributed by atoms with Crippen LogP contribution in [0.1, 0.15) is 17.3 Å². The number of hydrogen-bond donors (Lipinski definition) is 1. The van der Waals surface area contributed by atoms with Crippen LogP contribution < -0.4 is 4.72 Å². The summed E-state index contributed by atoms with van der Waals surface area (Å²) in [5.41, 5.74) is 1.64. The lowest BCUT2D eigenvalue weighted by molar-refractivity contribution is 0.530. The maximum atomic E-state index is 13.4. The van der Waals surface area contributed by atoms with E-state index in [1.807, 2.05) is 0 Å². The van der Waals surface area contributed by atoms with Crippen LogP contribution in [-0.2, 0) is 17.1 Å². The molecule has 0 bridgehead atoms.